The van der Waals surface area contributed by atoms with E-state index in [2.05, 4.69) is 25.3 Å². The van der Waals surface area contributed by atoms with E-state index < -0.39 is 0 Å². The molecule has 0 atom stereocenters. The van der Waals surface area contributed by atoms with Crippen molar-refractivity contribution in [1.29, 1.82) is 0 Å². The summed E-state index contributed by atoms with van der Waals surface area (Å²) in [4.78, 5) is 14.7. The summed E-state index contributed by atoms with van der Waals surface area (Å²) in [6.07, 6.45) is 6.11. The van der Waals surface area contributed by atoms with Crippen LogP contribution in [0.2, 0.25) is 0 Å². The zero-order valence-corrected chi connectivity index (χ0v) is 10.5. The molecule has 0 saturated carbocycles. The van der Waals surface area contributed by atoms with Crippen LogP contribution in [0.5, 0.6) is 6.01 Å². The zero-order valence-electron chi connectivity index (χ0n) is 10.5. The highest BCUT2D eigenvalue weighted by atomic mass is 16.5. The highest BCUT2D eigenvalue weighted by Gasteiger charge is 2.17. The van der Waals surface area contributed by atoms with Gasteiger partial charge in [-0.3, -0.25) is 5.43 Å². The van der Waals surface area contributed by atoms with E-state index in [0.717, 1.165) is 25.9 Å². The Hall–Kier alpha value is -1.89. The van der Waals surface area contributed by atoms with Crippen molar-refractivity contribution in [2.24, 2.45) is 5.84 Å². The van der Waals surface area contributed by atoms with E-state index >= 15 is 0 Å². The lowest BCUT2D eigenvalue weighted by Gasteiger charge is -2.16. The fourth-order valence-corrected chi connectivity index (χ4v) is 1.75. The number of rotatable bonds is 5. The Morgan fingerprint density at radius 2 is 2.11 bits per heavy atom. The number of allylic oxidation sites excluding steroid dienone is 1. The molecule has 1 aromatic rings. The summed E-state index contributed by atoms with van der Waals surface area (Å²) in [6.45, 7) is 4.29. The van der Waals surface area contributed by atoms with E-state index in [9.17, 15) is 0 Å². The number of ether oxygens (including phenoxy) is 1. The molecule has 2 rings (SSSR count). The fraction of sp³-hybridized carbons (Fsp3) is 0.545. The summed E-state index contributed by atoms with van der Waals surface area (Å²) >= 11 is 0. The molecule has 1 aromatic heterocycles. The van der Waals surface area contributed by atoms with Crippen molar-refractivity contribution in [3.05, 3.63) is 12.2 Å². The molecule has 1 aliphatic heterocycles. The number of hydrogen-bond acceptors (Lipinski definition) is 7. The van der Waals surface area contributed by atoms with Crippen molar-refractivity contribution in [3.63, 3.8) is 0 Å². The molecule has 0 spiro atoms. The van der Waals surface area contributed by atoms with Gasteiger partial charge >= 0.3 is 6.01 Å². The average molecular weight is 250 g/mol. The number of hydrazine groups is 1. The molecule has 2 heterocycles. The normalized spacial score (nSPS) is 15.3. The molecule has 0 aliphatic carbocycles. The predicted molar refractivity (Wildman–Crippen MR) is 69.4 cm³/mol. The van der Waals surface area contributed by atoms with Gasteiger partial charge in [0, 0.05) is 13.1 Å². The molecule has 0 bridgehead atoms. The molecular weight excluding hydrogens is 232 g/mol. The number of nitrogens with zero attached hydrogens (tertiary/aromatic N) is 4. The molecule has 3 N–H and O–H groups in total. The Labute approximate surface area is 106 Å². The van der Waals surface area contributed by atoms with E-state index in [4.69, 9.17) is 10.6 Å². The minimum absolute atomic E-state index is 0.290. The number of nitrogens with one attached hydrogen (secondary N) is 1. The first-order chi connectivity index (χ1) is 8.83. The second kappa shape index (κ2) is 6.15. The second-order valence-electron chi connectivity index (χ2n) is 3.96. The van der Waals surface area contributed by atoms with Crippen molar-refractivity contribution in [1.82, 2.24) is 15.0 Å². The SMILES string of the molecule is C/C=C/COc1nc(NN)nc(N2CCCC2)n1. The van der Waals surface area contributed by atoms with E-state index in [1.807, 2.05) is 19.1 Å². The first kappa shape index (κ1) is 12.6. The van der Waals surface area contributed by atoms with Gasteiger partial charge in [0.15, 0.2) is 0 Å². The van der Waals surface area contributed by atoms with E-state index in [1.54, 1.807) is 0 Å². The number of nitrogen functional groups attached to an aromatic ring is 1. The number of hydrogen-bond donors (Lipinski definition) is 2. The molecule has 0 amide bonds. The van der Waals surface area contributed by atoms with Gasteiger partial charge in [-0.25, -0.2) is 5.84 Å². The summed E-state index contributed by atoms with van der Waals surface area (Å²) < 4.78 is 5.42. The molecule has 0 unspecified atom stereocenters. The first-order valence-electron chi connectivity index (χ1n) is 6.05. The van der Waals surface area contributed by atoms with Gasteiger partial charge < -0.3 is 9.64 Å². The Balaban J connectivity index is 2.15. The standard InChI is InChI=1S/C11H18N6O/c1-2-3-8-18-11-14-9(16-12)13-10(15-11)17-6-4-5-7-17/h2-3H,4-8,12H2,1H3,(H,13,14,15,16)/b3-2+. The van der Waals surface area contributed by atoms with Crippen molar-refractivity contribution < 1.29 is 4.74 Å². The number of aromatic nitrogens is 3. The highest BCUT2D eigenvalue weighted by molar-refractivity contribution is 5.38. The van der Waals surface area contributed by atoms with Gasteiger partial charge in [-0.1, -0.05) is 12.2 Å². The van der Waals surface area contributed by atoms with Crippen LogP contribution in [0.25, 0.3) is 0 Å². The van der Waals surface area contributed by atoms with Crippen molar-refractivity contribution in [2.45, 2.75) is 19.8 Å². The Kier molecular flexibility index (Phi) is 4.30. The van der Waals surface area contributed by atoms with E-state index in [1.165, 1.54) is 0 Å². The maximum absolute atomic E-state index is 5.42. The quantitative estimate of drug-likeness (QED) is 0.452. The van der Waals surface area contributed by atoms with Crippen LogP contribution in [0.4, 0.5) is 11.9 Å². The van der Waals surface area contributed by atoms with Crippen molar-refractivity contribution >= 4 is 11.9 Å². The van der Waals surface area contributed by atoms with Crippen LogP contribution < -0.4 is 20.9 Å². The molecule has 1 saturated heterocycles. The highest BCUT2D eigenvalue weighted by Crippen LogP contribution is 2.19. The molecule has 1 fully saturated rings. The third-order valence-corrected chi connectivity index (χ3v) is 2.67. The van der Waals surface area contributed by atoms with E-state index in [0.29, 0.717) is 18.5 Å². The maximum Gasteiger partial charge on any atom is 0.323 e. The monoisotopic (exact) mass is 250 g/mol. The van der Waals surface area contributed by atoms with Crippen molar-refractivity contribution in [2.75, 3.05) is 30.0 Å². The largest absolute Gasteiger partial charge is 0.459 e. The van der Waals surface area contributed by atoms with Crippen LogP contribution in [0.1, 0.15) is 19.8 Å². The molecule has 1 aliphatic rings. The third kappa shape index (κ3) is 3.07. The minimum Gasteiger partial charge on any atom is -0.459 e. The lowest BCUT2D eigenvalue weighted by molar-refractivity contribution is 0.332. The average Bonchev–Trinajstić information content (AvgIpc) is 2.92. The van der Waals surface area contributed by atoms with Gasteiger partial charge in [-0.05, 0) is 19.8 Å². The topological polar surface area (TPSA) is 89.2 Å². The summed E-state index contributed by atoms with van der Waals surface area (Å²) in [5.41, 5.74) is 2.43. The van der Waals surface area contributed by atoms with Crippen LogP contribution >= 0.6 is 0 Å². The van der Waals surface area contributed by atoms with Crippen LogP contribution in [0, 0.1) is 0 Å². The molecule has 0 aromatic carbocycles. The molecular formula is C11H18N6O. The molecule has 7 heteroatoms. The van der Waals surface area contributed by atoms with Gasteiger partial charge in [0.1, 0.15) is 6.61 Å². The van der Waals surface area contributed by atoms with Crippen LogP contribution in [-0.2, 0) is 0 Å². The molecule has 0 radical (unpaired) electrons. The number of nitrogens with two attached hydrogens (primary N) is 1. The Morgan fingerprint density at radius 1 is 1.33 bits per heavy atom. The predicted octanol–water partition coefficient (Wildman–Crippen LogP) is 0.712. The van der Waals surface area contributed by atoms with Crippen LogP contribution in [0.15, 0.2) is 12.2 Å². The van der Waals surface area contributed by atoms with Crippen LogP contribution in [0.3, 0.4) is 0 Å². The number of anilines is 2. The lowest BCUT2D eigenvalue weighted by Crippen LogP contribution is -2.22. The van der Waals surface area contributed by atoms with Gasteiger partial charge in [0.05, 0.1) is 0 Å². The maximum atomic E-state index is 5.42. The molecule has 98 valence electrons. The third-order valence-electron chi connectivity index (χ3n) is 2.67. The minimum atomic E-state index is 0.290. The van der Waals surface area contributed by atoms with Crippen molar-refractivity contribution in [3.8, 4) is 6.01 Å². The summed E-state index contributed by atoms with van der Waals surface area (Å²) in [7, 11) is 0. The molecule has 7 nitrogen and oxygen atoms in total. The smallest absolute Gasteiger partial charge is 0.323 e. The summed E-state index contributed by atoms with van der Waals surface area (Å²) in [5, 5.41) is 0. The lowest BCUT2D eigenvalue weighted by atomic mass is 10.4. The summed E-state index contributed by atoms with van der Waals surface area (Å²) in [6, 6.07) is 0.290. The Bertz CT molecular complexity index is 416. The van der Waals surface area contributed by atoms with Gasteiger partial charge in [-0.2, -0.15) is 15.0 Å². The zero-order chi connectivity index (χ0) is 12.8. The first-order valence-corrected chi connectivity index (χ1v) is 6.05. The fourth-order valence-electron chi connectivity index (χ4n) is 1.75. The van der Waals surface area contributed by atoms with Gasteiger partial charge in [0.25, 0.3) is 0 Å². The second-order valence-corrected chi connectivity index (χ2v) is 3.96. The molecule has 18 heavy (non-hydrogen) atoms. The Morgan fingerprint density at radius 3 is 2.78 bits per heavy atom. The van der Waals surface area contributed by atoms with Gasteiger partial charge in [-0.15, -0.1) is 0 Å². The van der Waals surface area contributed by atoms with E-state index in [-0.39, 0.29) is 6.01 Å². The van der Waals surface area contributed by atoms with Gasteiger partial charge in [0.2, 0.25) is 11.9 Å². The van der Waals surface area contributed by atoms with Crippen LogP contribution in [-0.4, -0.2) is 34.6 Å². The summed E-state index contributed by atoms with van der Waals surface area (Å²) in [5.74, 6) is 6.29.